The van der Waals surface area contributed by atoms with Crippen LogP contribution in [0.1, 0.15) is 36.2 Å². The Kier molecular flexibility index (Phi) is 5.12. The summed E-state index contributed by atoms with van der Waals surface area (Å²) in [4.78, 5) is 11.0. The largest absolute Gasteiger partial charge is 0.369 e. The number of imidazole rings is 1. The van der Waals surface area contributed by atoms with E-state index in [2.05, 4.69) is 43.4 Å². The molecule has 0 spiro atoms. The molecule has 5 heterocycles. The van der Waals surface area contributed by atoms with Crippen LogP contribution in [-0.2, 0) is 13.1 Å². The van der Waals surface area contributed by atoms with Gasteiger partial charge in [-0.15, -0.1) is 5.10 Å². The molecular weight excluding hydrogens is 416 g/mol. The molecule has 9 heteroatoms. The molecular formula is C24H26N8O. The Morgan fingerprint density at radius 2 is 2.06 bits per heavy atom. The molecule has 1 unspecified atom stereocenters. The van der Waals surface area contributed by atoms with E-state index in [0.717, 1.165) is 30.3 Å². The van der Waals surface area contributed by atoms with E-state index in [1.165, 1.54) is 24.8 Å². The van der Waals surface area contributed by atoms with Gasteiger partial charge in [-0.1, -0.05) is 23.8 Å². The van der Waals surface area contributed by atoms with E-state index >= 15 is 0 Å². The van der Waals surface area contributed by atoms with Gasteiger partial charge in [0.05, 0.1) is 24.1 Å². The zero-order valence-corrected chi connectivity index (χ0v) is 18.2. The first-order valence-corrected chi connectivity index (χ1v) is 11.4. The SMILES string of the molecule is OC1C=C(c2cn(Cc3cn4cc(CNCC5CCC5)ccc4n3)nn2)N=C2C=CC=CN21. The molecule has 0 saturated heterocycles. The van der Waals surface area contributed by atoms with Crippen molar-refractivity contribution in [3.8, 4) is 0 Å². The predicted octanol–water partition coefficient (Wildman–Crippen LogP) is 2.32. The molecule has 1 fully saturated rings. The molecule has 1 aliphatic carbocycles. The number of nitrogens with one attached hydrogen (secondary N) is 1. The molecule has 3 aliphatic rings. The van der Waals surface area contributed by atoms with E-state index in [9.17, 15) is 5.11 Å². The summed E-state index contributed by atoms with van der Waals surface area (Å²) < 4.78 is 3.81. The minimum absolute atomic E-state index is 0.505. The second kappa shape index (κ2) is 8.42. The van der Waals surface area contributed by atoms with Gasteiger partial charge in [-0.25, -0.2) is 14.7 Å². The summed E-state index contributed by atoms with van der Waals surface area (Å²) >= 11 is 0. The van der Waals surface area contributed by atoms with Gasteiger partial charge in [-0.2, -0.15) is 0 Å². The minimum atomic E-state index is -0.783. The fourth-order valence-electron chi connectivity index (χ4n) is 4.34. The van der Waals surface area contributed by atoms with Gasteiger partial charge in [0, 0.05) is 25.1 Å². The number of hydrogen-bond donors (Lipinski definition) is 2. The number of allylic oxidation sites excluding steroid dienone is 2. The first-order chi connectivity index (χ1) is 16.2. The third-order valence-electron chi connectivity index (χ3n) is 6.37. The Hall–Kier alpha value is -3.56. The quantitative estimate of drug-likeness (QED) is 0.583. The van der Waals surface area contributed by atoms with Crippen molar-refractivity contribution in [2.45, 2.75) is 38.6 Å². The molecule has 1 saturated carbocycles. The van der Waals surface area contributed by atoms with Crippen LogP contribution in [0.4, 0.5) is 0 Å². The molecule has 168 valence electrons. The third kappa shape index (κ3) is 4.12. The molecule has 0 bridgehead atoms. The monoisotopic (exact) mass is 442 g/mol. The number of nitrogens with zero attached hydrogens (tertiary/aromatic N) is 7. The van der Waals surface area contributed by atoms with E-state index < -0.39 is 6.23 Å². The van der Waals surface area contributed by atoms with Gasteiger partial charge in [0.1, 0.15) is 17.2 Å². The summed E-state index contributed by atoms with van der Waals surface area (Å²) in [5, 5.41) is 22.5. The summed E-state index contributed by atoms with van der Waals surface area (Å²) in [6, 6.07) is 4.19. The van der Waals surface area contributed by atoms with Crippen LogP contribution in [0.25, 0.3) is 11.3 Å². The molecule has 2 N–H and O–H groups in total. The number of aliphatic imine (C=N–C) groups is 1. The normalized spacial score (nSPS) is 20.0. The fourth-order valence-corrected chi connectivity index (χ4v) is 4.34. The van der Waals surface area contributed by atoms with Gasteiger partial charge >= 0.3 is 0 Å². The van der Waals surface area contributed by atoms with Crippen molar-refractivity contribution in [1.29, 1.82) is 0 Å². The van der Waals surface area contributed by atoms with Gasteiger partial charge in [0.25, 0.3) is 0 Å². The molecule has 33 heavy (non-hydrogen) atoms. The Labute approximate surface area is 191 Å². The van der Waals surface area contributed by atoms with E-state index in [-0.39, 0.29) is 0 Å². The highest BCUT2D eigenvalue weighted by atomic mass is 16.3. The van der Waals surface area contributed by atoms with E-state index in [4.69, 9.17) is 4.98 Å². The molecule has 0 radical (unpaired) electrons. The number of amidine groups is 1. The van der Waals surface area contributed by atoms with Crippen molar-refractivity contribution in [3.63, 3.8) is 0 Å². The van der Waals surface area contributed by atoms with E-state index in [1.54, 1.807) is 21.9 Å². The average molecular weight is 443 g/mol. The lowest BCUT2D eigenvalue weighted by atomic mass is 9.85. The van der Waals surface area contributed by atoms with Gasteiger partial charge in [0.15, 0.2) is 6.23 Å². The van der Waals surface area contributed by atoms with Crippen molar-refractivity contribution in [3.05, 3.63) is 78.2 Å². The third-order valence-corrected chi connectivity index (χ3v) is 6.37. The highest BCUT2D eigenvalue weighted by Crippen LogP contribution is 2.25. The smallest absolute Gasteiger partial charge is 0.153 e. The standard InChI is InChI=1S/C24H26N8O/c33-24-10-20(27-23-6-1-2-9-32(23)24)21-16-31(29-28-21)15-19-14-30-13-18(7-8-22(30)26-19)12-25-11-17-4-3-5-17/h1-2,6-10,13-14,16-17,24-25,33H,3-5,11-12,15H2. The first-order valence-electron chi connectivity index (χ1n) is 11.4. The highest BCUT2D eigenvalue weighted by Gasteiger charge is 2.23. The second-order valence-corrected chi connectivity index (χ2v) is 8.81. The van der Waals surface area contributed by atoms with Crippen molar-refractivity contribution in [2.75, 3.05) is 6.54 Å². The summed E-state index contributed by atoms with van der Waals surface area (Å²) in [6.45, 7) is 2.48. The van der Waals surface area contributed by atoms with E-state index in [0.29, 0.717) is 23.8 Å². The van der Waals surface area contributed by atoms with Crippen molar-refractivity contribution < 1.29 is 5.11 Å². The summed E-state index contributed by atoms with van der Waals surface area (Å²) in [5.74, 6) is 1.53. The number of fused-ring (bicyclic) bond motifs is 2. The van der Waals surface area contributed by atoms with Crippen LogP contribution in [0.5, 0.6) is 0 Å². The van der Waals surface area contributed by atoms with Gasteiger partial charge in [-0.05, 0) is 55.2 Å². The molecule has 0 aromatic carbocycles. The van der Waals surface area contributed by atoms with Crippen LogP contribution in [0, 0.1) is 5.92 Å². The Balaban J connectivity index is 1.14. The molecule has 3 aromatic rings. The number of aliphatic hydroxyl groups excluding tert-OH is 1. The summed E-state index contributed by atoms with van der Waals surface area (Å²) in [7, 11) is 0. The second-order valence-electron chi connectivity index (χ2n) is 8.81. The molecule has 0 amide bonds. The lowest BCUT2D eigenvalue weighted by molar-refractivity contribution is 0.127. The van der Waals surface area contributed by atoms with Gasteiger partial charge in [-0.3, -0.25) is 0 Å². The molecule has 2 aliphatic heterocycles. The molecule has 6 rings (SSSR count). The zero-order valence-electron chi connectivity index (χ0n) is 18.2. The number of pyridine rings is 1. The molecule has 9 nitrogen and oxygen atoms in total. The van der Waals surface area contributed by atoms with Crippen LogP contribution < -0.4 is 5.32 Å². The van der Waals surface area contributed by atoms with Crippen LogP contribution in [0.3, 0.4) is 0 Å². The van der Waals surface area contributed by atoms with Crippen molar-refractivity contribution in [2.24, 2.45) is 10.9 Å². The van der Waals surface area contributed by atoms with Gasteiger partial charge < -0.3 is 19.7 Å². The number of aliphatic hydroxyl groups is 1. The highest BCUT2D eigenvalue weighted by molar-refractivity contribution is 5.99. The predicted molar refractivity (Wildman–Crippen MR) is 125 cm³/mol. The fraction of sp³-hybridized carbons (Fsp3) is 0.333. The maximum Gasteiger partial charge on any atom is 0.153 e. The van der Waals surface area contributed by atoms with Crippen LogP contribution in [-0.4, -0.2) is 53.0 Å². The number of rotatable bonds is 7. The van der Waals surface area contributed by atoms with Gasteiger partial charge in [0.2, 0.25) is 0 Å². The van der Waals surface area contributed by atoms with Crippen LogP contribution in [0.2, 0.25) is 0 Å². The van der Waals surface area contributed by atoms with Crippen LogP contribution in [0.15, 0.2) is 66.2 Å². The lowest BCUT2D eigenvalue weighted by Gasteiger charge is -2.29. The Morgan fingerprint density at radius 1 is 1.12 bits per heavy atom. The van der Waals surface area contributed by atoms with E-state index in [1.807, 2.05) is 30.6 Å². The van der Waals surface area contributed by atoms with Crippen LogP contribution >= 0.6 is 0 Å². The van der Waals surface area contributed by atoms with Crippen molar-refractivity contribution in [1.82, 2.24) is 34.6 Å². The maximum atomic E-state index is 10.4. The minimum Gasteiger partial charge on any atom is -0.369 e. The average Bonchev–Trinajstić information content (AvgIpc) is 3.42. The van der Waals surface area contributed by atoms with Crippen molar-refractivity contribution >= 4 is 17.2 Å². The summed E-state index contributed by atoms with van der Waals surface area (Å²) in [5.41, 5.74) is 4.29. The maximum absolute atomic E-state index is 10.4. The number of aromatic nitrogens is 5. The number of hydrogen-bond acceptors (Lipinski definition) is 7. The Morgan fingerprint density at radius 3 is 2.94 bits per heavy atom. The zero-order chi connectivity index (χ0) is 22.2. The topological polar surface area (TPSA) is 95.9 Å². The molecule has 1 atom stereocenters. The summed E-state index contributed by atoms with van der Waals surface area (Å²) in [6.07, 6.45) is 18.4. The first kappa shape index (κ1) is 20.1. The molecule has 3 aromatic heterocycles. The lowest BCUT2D eigenvalue weighted by Crippen LogP contribution is -2.37. The Bertz CT molecular complexity index is 1290.